The summed E-state index contributed by atoms with van der Waals surface area (Å²) in [5.41, 5.74) is 3.23. The number of piperidine rings is 1. The summed E-state index contributed by atoms with van der Waals surface area (Å²) in [6, 6.07) is 15.7. The molecule has 2 amide bonds. The van der Waals surface area contributed by atoms with Crippen molar-refractivity contribution < 1.29 is 14.3 Å². The molecule has 0 spiro atoms. The minimum absolute atomic E-state index is 0.0208. The molecule has 2 aliphatic rings. The lowest BCUT2D eigenvalue weighted by molar-refractivity contribution is -0.126. The van der Waals surface area contributed by atoms with E-state index in [0.717, 1.165) is 17.0 Å². The number of benzene rings is 1. The molecule has 0 saturated carbocycles. The van der Waals surface area contributed by atoms with Crippen molar-refractivity contribution in [2.75, 3.05) is 13.1 Å². The van der Waals surface area contributed by atoms with Crippen LogP contribution < -0.4 is 5.32 Å². The normalized spacial score (nSPS) is 18.5. The number of hydrogen-bond acceptors (Lipinski definition) is 5. The third-order valence-electron chi connectivity index (χ3n) is 6.43. The SMILES string of the molecule is O=C(NCc1ccccn1)C1CCN(C(=O)c2ncn3c2CO[C@H](c2ccccc2)C3)CC1. The number of pyridine rings is 1. The van der Waals surface area contributed by atoms with Crippen LogP contribution in [0.5, 0.6) is 0 Å². The fraction of sp³-hybridized carbons (Fsp3) is 0.360. The summed E-state index contributed by atoms with van der Waals surface area (Å²) in [5, 5.41) is 2.96. The molecule has 0 aliphatic carbocycles. The third-order valence-corrected chi connectivity index (χ3v) is 6.43. The van der Waals surface area contributed by atoms with E-state index in [2.05, 4.69) is 27.4 Å². The number of amides is 2. The minimum atomic E-state index is -0.0939. The standard InChI is InChI=1S/C25H27N5O3/c31-24(27-14-20-8-4-5-11-26-20)19-9-12-29(13-10-19)25(32)23-21-16-33-22(15-30(21)17-28-23)18-6-2-1-3-7-18/h1-8,11,17,19,22H,9-10,12-16H2,(H,27,31)/t22-/m0/s1. The van der Waals surface area contributed by atoms with Gasteiger partial charge in [-0.1, -0.05) is 36.4 Å². The van der Waals surface area contributed by atoms with Gasteiger partial charge >= 0.3 is 0 Å². The summed E-state index contributed by atoms with van der Waals surface area (Å²) >= 11 is 0. The summed E-state index contributed by atoms with van der Waals surface area (Å²) in [4.78, 5) is 36.2. The maximum absolute atomic E-state index is 13.2. The molecular formula is C25H27N5O3. The molecule has 2 aliphatic heterocycles. The van der Waals surface area contributed by atoms with Crippen LogP contribution in [0.3, 0.4) is 0 Å². The molecule has 1 atom stereocenters. The highest BCUT2D eigenvalue weighted by atomic mass is 16.5. The highest BCUT2D eigenvalue weighted by molar-refractivity contribution is 5.93. The van der Waals surface area contributed by atoms with Crippen molar-refractivity contribution in [1.29, 1.82) is 0 Å². The number of carbonyl (C=O) groups excluding carboxylic acids is 2. The number of rotatable bonds is 5. The van der Waals surface area contributed by atoms with Crippen LogP contribution in [0.15, 0.2) is 61.1 Å². The average molecular weight is 446 g/mol. The van der Waals surface area contributed by atoms with Gasteiger partial charge in [-0.25, -0.2) is 4.98 Å². The van der Waals surface area contributed by atoms with E-state index < -0.39 is 0 Å². The van der Waals surface area contributed by atoms with E-state index in [4.69, 9.17) is 4.74 Å². The first-order valence-corrected chi connectivity index (χ1v) is 11.4. The Labute approximate surface area is 192 Å². The van der Waals surface area contributed by atoms with E-state index in [-0.39, 0.29) is 23.8 Å². The topological polar surface area (TPSA) is 89.4 Å². The van der Waals surface area contributed by atoms with Crippen molar-refractivity contribution in [2.45, 2.75) is 38.6 Å². The van der Waals surface area contributed by atoms with Crippen LogP contribution in [0, 0.1) is 5.92 Å². The van der Waals surface area contributed by atoms with Gasteiger partial charge in [0, 0.05) is 25.2 Å². The van der Waals surface area contributed by atoms with Gasteiger partial charge in [-0.3, -0.25) is 14.6 Å². The lowest BCUT2D eigenvalue weighted by atomic mass is 9.95. The number of aromatic nitrogens is 3. The summed E-state index contributed by atoms with van der Waals surface area (Å²) in [7, 11) is 0. The molecule has 1 N–H and O–H groups in total. The smallest absolute Gasteiger partial charge is 0.274 e. The first-order chi connectivity index (χ1) is 16.2. The molecular weight excluding hydrogens is 418 g/mol. The number of hydrogen-bond donors (Lipinski definition) is 1. The molecule has 8 nitrogen and oxygen atoms in total. The zero-order valence-corrected chi connectivity index (χ0v) is 18.4. The molecule has 5 rings (SSSR count). The number of ether oxygens (including phenoxy) is 1. The van der Waals surface area contributed by atoms with Crippen molar-refractivity contribution in [3.63, 3.8) is 0 Å². The number of nitrogens with one attached hydrogen (secondary N) is 1. The lowest BCUT2D eigenvalue weighted by Crippen LogP contribution is -2.43. The van der Waals surface area contributed by atoms with Gasteiger partial charge in [-0.2, -0.15) is 0 Å². The van der Waals surface area contributed by atoms with Crippen molar-refractivity contribution in [3.8, 4) is 0 Å². The lowest BCUT2D eigenvalue weighted by Gasteiger charge is -2.31. The summed E-state index contributed by atoms with van der Waals surface area (Å²) in [6.07, 6.45) is 4.69. The molecule has 170 valence electrons. The van der Waals surface area contributed by atoms with Crippen LogP contribution in [0.2, 0.25) is 0 Å². The van der Waals surface area contributed by atoms with Gasteiger partial charge in [0.05, 0.1) is 37.4 Å². The fourth-order valence-electron chi connectivity index (χ4n) is 4.49. The predicted molar refractivity (Wildman–Crippen MR) is 121 cm³/mol. The molecule has 0 radical (unpaired) electrons. The van der Waals surface area contributed by atoms with Crippen LogP contribution in [-0.2, 0) is 29.2 Å². The average Bonchev–Trinajstić information content (AvgIpc) is 3.31. The molecule has 8 heteroatoms. The van der Waals surface area contributed by atoms with Crippen molar-refractivity contribution in [3.05, 3.63) is 83.7 Å². The van der Waals surface area contributed by atoms with Gasteiger partial charge < -0.3 is 19.5 Å². The number of fused-ring (bicyclic) bond motifs is 1. The predicted octanol–water partition coefficient (Wildman–Crippen LogP) is 2.72. The summed E-state index contributed by atoms with van der Waals surface area (Å²) < 4.78 is 8.07. The van der Waals surface area contributed by atoms with E-state index in [0.29, 0.717) is 51.3 Å². The van der Waals surface area contributed by atoms with Gasteiger partial charge in [-0.15, -0.1) is 0 Å². The number of carbonyl (C=O) groups is 2. The zero-order valence-electron chi connectivity index (χ0n) is 18.4. The molecule has 0 unspecified atom stereocenters. The van der Waals surface area contributed by atoms with Gasteiger partial charge in [0.15, 0.2) is 5.69 Å². The third kappa shape index (κ3) is 4.66. The molecule has 33 heavy (non-hydrogen) atoms. The maximum Gasteiger partial charge on any atom is 0.274 e. The summed E-state index contributed by atoms with van der Waals surface area (Å²) in [6.45, 7) is 2.50. The summed E-state index contributed by atoms with van der Waals surface area (Å²) in [5.74, 6) is -0.158. The van der Waals surface area contributed by atoms with Gasteiger partial charge in [0.2, 0.25) is 5.91 Å². The zero-order chi connectivity index (χ0) is 22.6. The van der Waals surface area contributed by atoms with E-state index in [1.807, 2.05) is 41.0 Å². The Balaban J connectivity index is 1.16. The Morgan fingerprint density at radius 1 is 1.03 bits per heavy atom. The second kappa shape index (κ2) is 9.54. The molecule has 1 fully saturated rings. The van der Waals surface area contributed by atoms with Gasteiger partial charge in [-0.05, 0) is 30.5 Å². The fourth-order valence-corrected chi connectivity index (χ4v) is 4.49. The van der Waals surface area contributed by atoms with Crippen LogP contribution >= 0.6 is 0 Å². The number of nitrogens with zero attached hydrogens (tertiary/aromatic N) is 4. The molecule has 1 aromatic carbocycles. The van der Waals surface area contributed by atoms with Crippen molar-refractivity contribution >= 4 is 11.8 Å². The number of likely N-dealkylation sites (tertiary alicyclic amines) is 1. The second-order valence-corrected chi connectivity index (χ2v) is 8.51. The minimum Gasteiger partial charge on any atom is -0.365 e. The van der Waals surface area contributed by atoms with Crippen LogP contribution in [-0.4, -0.2) is 44.3 Å². The van der Waals surface area contributed by atoms with Crippen LogP contribution in [0.1, 0.15) is 46.4 Å². The molecule has 2 aromatic heterocycles. The quantitative estimate of drug-likeness (QED) is 0.652. The Morgan fingerprint density at radius 3 is 2.58 bits per heavy atom. The van der Waals surface area contributed by atoms with E-state index in [1.165, 1.54) is 0 Å². The Hall–Kier alpha value is -3.52. The number of imidazole rings is 1. The highest BCUT2D eigenvalue weighted by Gasteiger charge is 2.32. The molecule has 3 aromatic rings. The highest BCUT2D eigenvalue weighted by Crippen LogP contribution is 2.28. The molecule has 1 saturated heterocycles. The molecule has 4 heterocycles. The maximum atomic E-state index is 13.2. The second-order valence-electron chi connectivity index (χ2n) is 8.51. The van der Waals surface area contributed by atoms with E-state index in [9.17, 15) is 9.59 Å². The first kappa shape index (κ1) is 21.3. The monoisotopic (exact) mass is 445 g/mol. The first-order valence-electron chi connectivity index (χ1n) is 11.4. The Morgan fingerprint density at radius 2 is 1.82 bits per heavy atom. The largest absolute Gasteiger partial charge is 0.365 e. The van der Waals surface area contributed by atoms with E-state index in [1.54, 1.807) is 17.4 Å². The van der Waals surface area contributed by atoms with Crippen LogP contribution in [0.4, 0.5) is 0 Å². The Bertz CT molecular complexity index is 1110. The van der Waals surface area contributed by atoms with Crippen molar-refractivity contribution in [1.82, 2.24) is 24.8 Å². The van der Waals surface area contributed by atoms with Gasteiger partial charge in [0.25, 0.3) is 5.91 Å². The van der Waals surface area contributed by atoms with Crippen LogP contribution in [0.25, 0.3) is 0 Å². The Kier molecular flexibility index (Phi) is 6.17. The molecule has 0 bridgehead atoms. The van der Waals surface area contributed by atoms with E-state index >= 15 is 0 Å². The van der Waals surface area contributed by atoms with Gasteiger partial charge in [0.1, 0.15) is 6.10 Å². The van der Waals surface area contributed by atoms with Crippen molar-refractivity contribution in [2.24, 2.45) is 5.92 Å².